The van der Waals surface area contributed by atoms with Gasteiger partial charge in [-0.05, 0) is 42.5 Å². The van der Waals surface area contributed by atoms with Gasteiger partial charge in [0, 0.05) is 35.5 Å². The highest BCUT2D eigenvalue weighted by Gasteiger charge is 2.09. The van der Waals surface area contributed by atoms with E-state index in [-0.39, 0.29) is 11.8 Å². The number of halogens is 1. The molecule has 0 saturated heterocycles. The third kappa shape index (κ3) is 5.09. The highest BCUT2D eigenvalue weighted by atomic mass is 35.5. The number of anilines is 1. The smallest absolute Gasteiger partial charge is 0.255 e. The fourth-order valence-corrected chi connectivity index (χ4v) is 2.10. The highest BCUT2D eigenvalue weighted by molar-refractivity contribution is 6.31. The normalized spacial score (nSPS) is 10.2. The van der Waals surface area contributed by atoms with E-state index in [0.717, 1.165) is 0 Å². The first-order chi connectivity index (χ1) is 11.1. The predicted molar refractivity (Wildman–Crippen MR) is 90.1 cm³/mol. The first-order valence-corrected chi connectivity index (χ1v) is 7.42. The molecule has 2 rings (SSSR count). The number of benzene rings is 2. The van der Waals surface area contributed by atoms with Gasteiger partial charge in [0.05, 0.1) is 6.61 Å². The molecule has 0 unspecified atom stereocenters. The van der Waals surface area contributed by atoms with Gasteiger partial charge >= 0.3 is 0 Å². The van der Waals surface area contributed by atoms with Gasteiger partial charge in [-0.25, -0.2) is 0 Å². The monoisotopic (exact) mass is 332 g/mol. The van der Waals surface area contributed by atoms with Crippen LogP contribution in [0.25, 0.3) is 0 Å². The lowest BCUT2D eigenvalue weighted by Gasteiger charge is -2.07. The highest BCUT2D eigenvalue weighted by Crippen LogP contribution is 2.16. The van der Waals surface area contributed by atoms with Crippen LogP contribution in [-0.2, 0) is 4.74 Å². The number of amides is 2. The Morgan fingerprint density at radius 2 is 1.70 bits per heavy atom. The summed E-state index contributed by atoms with van der Waals surface area (Å²) in [5.41, 5.74) is 1.56. The van der Waals surface area contributed by atoms with Crippen LogP contribution in [0, 0.1) is 0 Å². The number of hydrogen-bond acceptors (Lipinski definition) is 3. The topological polar surface area (TPSA) is 67.4 Å². The summed E-state index contributed by atoms with van der Waals surface area (Å²) < 4.78 is 4.87. The van der Waals surface area contributed by atoms with Crippen molar-refractivity contribution >= 4 is 29.1 Å². The number of nitrogens with one attached hydrogen (secondary N) is 2. The van der Waals surface area contributed by atoms with Crippen LogP contribution in [0.4, 0.5) is 5.69 Å². The van der Waals surface area contributed by atoms with Gasteiger partial charge in [0.25, 0.3) is 11.8 Å². The maximum atomic E-state index is 12.1. The van der Waals surface area contributed by atoms with E-state index < -0.39 is 0 Å². The van der Waals surface area contributed by atoms with E-state index in [1.54, 1.807) is 55.6 Å². The van der Waals surface area contributed by atoms with Crippen molar-refractivity contribution in [2.45, 2.75) is 0 Å². The summed E-state index contributed by atoms with van der Waals surface area (Å²) in [5, 5.41) is 6.01. The van der Waals surface area contributed by atoms with Gasteiger partial charge in [-0.15, -0.1) is 0 Å². The Morgan fingerprint density at radius 3 is 2.30 bits per heavy atom. The van der Waals surface area contributed by atoms with Crippen molar-refractivity contribution in [2.24, 2.45) is 0 Å². The van der Waals surface area contributed by atoms with Crippen molar-refractivity contribution in [3.63, 3.8) is 0 Å². The van der Waals surface area contributed by atoms with Gasteiger partial charge < -0.3 is 15.4 Å². The number of ether oxygens (including phenoxy) is 1. The zero-order valence-corrected chi connectivity index (χ0v) is 13.4. The second-order valence-electron chi connectivity index (χ2n) is 4.79. The second-order valence-corrected chi connectivity index (χ2v) is 5.23. The van der Waals surface area contributed by atoms with Crippen LogP contribution in [0.15, 0.2) is 48.5 Å². The zero-order chi connectivity index (χ0) is 16.7. The quantitative estimate of drug-likeness (QED) is 0.799. The van der Waals surface area contributed by atoms with Gasteiger partial charge in [-0.2, -0.15) is 0 Å². The first-order valence-electron chi connectivity index (χ1n) is 7.04. The number of hydrogen-bond donors (Lipinski definition) is 2. The van der Waals surface area contributed by atoms with Crippen LogP contribution in [-0.4, -0.2) is 32.1 Å². The van der Waals surface area contributed by atoms with E-state index in [9.17, 15) is 9.59 Å². The Bertz CT molecular complexity index is 686. The number of rotatable bonds is 6. The molecule has 0 fully saturated rings. The molecule has 0 aromatic heterocycles. The summed E-state index contributed by atoms with van der Waals surface area (Å²) in [5.74, 6) is -0.470. The second kappa shape index (κ2) is 8.31. The third-order valence-electron chi connectivity index (χ3n) is 3.08. The van der Waals surface area contributed by atoms with Crippen molar-refractivity contribution in [3.05, 3.63) is 64.7 Å². The van der Waals surface area contributed by atoms with E-state index >= 15 is 0 Å². The molecule has 5 nitrogen and oxygen atoms in total. The summed E-state index contributed by atoms with van der Waals surface area (Å²) in [6.07, 6.45) is 0. The van der Waals surface area contributed by atoms with Gasteiger partial charge in [0.2, 0.25) is 0 Å². The molecule has 0 aliphatic rings. The number of methoxy groups -OCH3 is 1. The van der Waals surface area contributed by atoms with Crippen LogP contribution in [0.3, 0.4) is 0 Å². The molecule has 6 heteroatoms. The van der Waals surface area contributed by atoms with Crippen LogP contribution in [0.1, 0.15) is 20.7 Å². The average Bonchev–Trinajstić information content (AvgIpc) is 2.55. The van der Waals surface area contributed by atoms with Crippen LogP contribution < -0.4 is 10.6 Å². The van der Waals surface area contributed by atoms with Gasteiger partial charge in [0.1, 0.15) is 0 Å². The Hall–Kier alpha value is -2.37. The third-order valence-corrected chi connectivity index (χ3v) is 3.32. The summed E-state index contributed by atoms with van der Waals surface area (Å²) in [6, 6.07) is 13.3. The van der Waals surface area contributed by atoms with Crippen molar-refractivity contribution in [3.8, 4) is 0 Å². The maximum Gasteiger partial charge on any atom is 0.255 e. The Kier molecular flexibility index (Phi) is 6.14. The van der Waals surface area contributed by atoms with E-state index in [2.05, 4.69) is 10.6 Å². The molecule has 0 heterocycles. The fraction of sp³-hybridized carbons (Fsp3) is 0.176. The lowest BCUT2D eigenvalue weighted by atomic mass is 10.1. The largest absolute Gasteiger partial charge is 0.383 e. The Balaban J connectivity index is 1.98. The summed E-state index contributed by atoms with van der Waals surface area (Å²) >= 11 is 5.88. The minimum atomic E-state index is -0.265. The van der Waals surface area contributed by atoms with E-state index in [4.69, 9.17) is 16.3 Å². The summed E-state index contributed by atoms with van der Waals surface area (Å²) in [7, 11) is 1.57. The van der Waals surface area contributed by atoms with E-state index in [0.29, 0.717) is 35.0 Å². The van der Waals surface area contributed by atoms with Crippen molar-refractivity contribution in [2.75, 3.05) is 25.6 Å². The molecule has 2 amide bonds. The molecule has 2 aromatic rings. The first kappa shape index (κ1) is 17.0. The molecule has 0 saturated carbocycles. The van der Waals surface area contributed by atoms with Crippen molar-refractivity contribution in [1.82, 2.24) is 5.32 Å². The molecule has 0 spiro atoms. The molecular formula is C17H17ClN2O3. The van der Waals surface area contributed by atoms with Crippen molar-refractivity contribution in [1.29, 1.82) is 0 Å². The molecule has 2 N–H and O–H groups in total. The van der Waals surface area contributed by atoms with Crippen LogP contribution in [0.5, 0.6) is 0 Å². The zero-order valence-electron chi connectivity index (χ0n) is 12.6. The van der Waals surface area contributed by atoms with Crippen LogP contribution in [0.2, 0.25) is 5.02 Å². The van der Waals surface area contributed by atoms with Gasteiger partial charge in [0.15, 0.2) is 0 Å². The van der Waals surface area contributed by atoms with Crippen molar-refractivity contribution < 1.29 is 14.3 Å². The van der Waals surface area contributed by atoms with Crippen LogP contribution >= 0.6 is 11.6 Å². The Labute approximate surface area is 139 Å². The SMILES string of the molecule is COCCNC(=O)c1ccc(C(=O)Nc2cccc(Cl)c2)cc1. The Morgan fingerprint density at radius 1 is 1.04 bits per heavy atom. The van der Waals surface area contributed by atoms with Gasteiger partial charge in [-0.3, -0.25) is 9.59 Å². The molecule has 0 aliphatic carbocycles. The summed E-state index contributed by atoms with van der Waals surface area (Å²) in [4.78, 5) is 24.0. The minimum absolute atomic E-state index is 0.205. The maximum absolute atomic E-state index is 12.1. The minimum Gasteiger partial charge on any atom is -0.383 e. The molecule has 2 aromatic carbocycles. The lowest BCUT2D eigenvalue weighted by molar-refractivity contribution is 0.0935. The fourth-order valence-electron chi connectivity index (χ4n) is 1.91. The molecule has 0 bridgehead atoms. The molecule has 0 atom stereocenters. The number of carbonyl (C=O) groups is 2. The molecule has 120 valence electrons. The summed E-state index contributed by atoms with van der Waals surface area (Å²) in [6.45, 7) is 0.887. The molecule has 23 heavy (non-hydrogen) atoms. The number of carbonyl (C=O) groups excluding carboxylic acids is 2. The van der Waals surface area contributed by atoms with E-state index in [1.165, 1.54) is 0 Å². The lowest BCUT2D eigenvalue weighted by Crippen LogP contribution is -2.26. The molecule has 0 aliphatic heterocycles. The van der Waals surface area contributed by atoms with E-state index in [1.807, 2.05) is 0 Å². The predicted octanol–water partition coefficient (Wildman–Crippen LogP) is 2.97. The molecule has 0 radical (unpaired) electrons. The average molecular weight is 333 g/mol. The standard InChI is InChI=1S/C17H17ClN2O3/c1-23-10-9-19-16(21)12-5-7-13(8-6-12)17(22)20-15-4-2-3-14(18)11-15/h2-8,11H,9-10H2,1H3,(H,19,21)(H,20,22). The van der Waals surface area contributed by atoms with Gasteiger partial charge in [-0.1, -0.05) is 17.7 Å². The molecular weight excluding hydrogens is 316 g/mol.